The molecule has 1 heterocycles. The zero-order valence-corrected chi connectivity index (χ0v) is 9.24. The maximum Gasteiger partial charge on any atom is 0.357 e. The quantitative estimate of drug-likeness (QED) is 0.611. The summed E-state index contributed by atoms with van der Waals surface area (Å²) in [5.41, 5.74) is -0.237. The third-order valence-corrected chi connectivity index (χ3v) is 3.04. The van der Waals surface area contributed by atoms with Crippen molar-refractivity contribution in [2.24, 2.45) is 0 Å². The molecule has 0 aliphatic rings. The molecule has 90 valence electrons. The maximum atomic E-state index is 11.0. The topological polar surface area (TPSA) is 122 Å². The van der Waals surface area contributed by atoms with Gasteiger partial charge in [0.25, 0.3) is 6.01 Å². The number of anilines is 1. The lowest BCUT2D eigenvalue weighted by molar-refractivity contribution is 0.0690. The van der Waals surface area contributed by atoms with Crippen LogP contribution in [-0.4, -0.2) is 43.8 Å². The Balaban J connectivity index is 2.46. The van der Waals surface area contributed by atoms with Crippen molar-refractivity contribution in [3.63, 3.8) is 0 Å². The lowest BCUT2D eigenvalue weighted by Gasteiger charge is -2.01. The molecular formula is C7H11N3O5S. The van der Waals surface area contributed by atoms with Gasteiger partial charge in [0.05, 0.1) is 5.75 Å². The number of sulfonamides is 1. The van der Waals surface area contributed by atoms with E-state index in [1.165, 1.54) is 7.05 Å². The van der Waals surface area contributed by atoms with Crippen LogP contribution in [0.2, 0.25) is 0 Å². The number of carboxylic acids is 1. The molecule has 0 spiro atoms. The predicted octanol–water partition coefficient (Wildman–Crippen LogP) is -0.666. The molecule has 0 fully saturated rings. The van der Waals surface area contributed by atoms with E-state index in [2.05, 4.69) is 15.0 Å². The Morgan fingerprint density at radius 3 is 2.81 bits per heavy atom. The van der Waals surface area contributed by atoms with E-state index in [4.69, 9.17) is 9.52 Å². The van der Waals surface area contributed by atoms with Crippen LogP contribution in [0.15, 0.2) is 10.7 Å². The minimum Gasteiger partial charge on any atom is -0.476 e. The normalized spacial score (nSPS) is 11.3. The second kappa shape index (κ2) is 4.94. The molecule has 16 heavy (non-hydrogen) atoms. The number of aromatic nitrogens is 1. The summed E-state index contributed by atoms with van der Waals surface area (Å²) in [5, 5.41) is 11.1. The highest BCUT2D eigenvalue weighted by atomic mass is 32.2. The van der Waals surface area contributed by atoms with Crippen LogP contribution in [0.1, 0.15) is 10.5 Å². The van der Waals surface area contributed by atoms with Gasteiger partial charge in [-0.25, -0.2) is 17.9 Å². The largest absolute Gasteiger partial charge is 0.476 e. The molecule has 1 aromatic rings. The third kappa shape index (κ3) is 3.51. The zero-order valence-electron chi connectivity index (χ0n) is 8.43. The summed E-state index contributed by atoms with van der Waals surface area (Å²) in [7, 11) is -1.99. The minimum atomic E-state index is -3.30. The summed E-state index contributed by atoms with van der Waals surface area (Å²) in [6.07, 6.45) is 0.969. The highest BCUT2D eigenvalue weighted by Gasteiger charge is 2.11. The summed E-state index contributed by atoms with van der Waals surface area (Å²) < 4.78 is 28.9. The van der Waals surface area contributed by atoms with Crippen LogP contribution in [-0.2, 0) is 10.0 Å². The Morgan fingerprint density at radius 1 is 1.62 bits per heavy atom. The van der Waals surface area contributed by atoms with Crippen molar-refractivity contribution in [1.29, 1.82) is 0 Å². The van der Waals surface area contributed by atoms with E-state index in [-0.39, 0.29) is 24.0 Å². The van der Waals surface area contributed by atoms with Gasteiger partial charge in [0.15, 0.2) is 5.69 Å². The van der Waals surface area contributed by atoms with Crippen molar-refractivity contribution >= 4 is 22.0 Å². The SMILES string of the molecule is CNS(=O)(=O)CCNc1nc(C(=O)O)co1. The lowest BCUT2D eigenvalue weighted by Crippen LogP contribution is -2.26. The number of hydrogen-bond donors (Lipinski definition) is 3. The van der Waals surface area contributed by atoms with Gasteiger partial charge in [0.1, 0.15) is 6.26 Å². The van der Waals surface area contributed by atoms with Crippen molar-refractivity contribution in [2.75, 3.05) is 24.7 Å². The number of carbonyl (C=O) groups is 1. The van der Waals surface area contributed by atoms with E-state index < -0.39 is 16.0 Å². The predicted molar refractivity (Wildman–Crippen MR) is 54.8 cm³/mol. The summed E-state index contributed by atoms with van der Waals surface area (Å²) in [6.45, 7) is 0.0722. The van der Waals surface area contributed by atoms with E-state index in [0.717, 1.165) is 6.26 Å². The van der Waals surface area contributed by atoms with E-state index in [1.54, 1.807) is 0 Å². The molecule has 0 bridgehead atoms. The van der Waals surface area contributed by atoms with Gasteiger partial charge in [0, 0.05) is 6.54 Å². The van der Waals surface area contributed by atoms with Crippen LogP contribution >= 0.6 is 0 Å². The van der Waals surface area contributed by atoms with E-state index >= 15 is 0 Å². The summed E-state index contributed by atoms with van der Waals surface area (Å²) in [5.74, 6) is -1.37. The molecule has 0 saturated heterocycles. The fourth-order valence-corrected chi connectivity index (χ4v) is 1.42. The van der Waals surface area contributed by atoms with Crippen LogP contribution in [0.3, 0.4) is 0 Å². The highest BCUT2D eigenvalue weighted by Crippen LogP contribution is 2.06. The molecule has 8 nitrogen and oxygen atoms in total. The second-order valence-electron chi connectivity index (χ2n) is 2.79. The van der Waals surface area contributed by atoms with Gasteiger partial charge in [-0.05, 0) is 7.05 Å². The molecule has 0 radical (unpaired) electrons. The van der Waals surface area contributed by atoms with Gasteiger partial charge in [-0.15, -0.1) is 0 Å². The molecule has 1 rings (SSSR count). The smallest absolute Gasteiger partial charge is 0.357 e. The molecule has 0 aliphatic heterocycles. The maximum absolute atomic E-state index is 11.0. The Morgan fingerprint density at radius 2 is 2.31 bits per heavy atom. The number of hydrogen-bond acceptors (Lipinski definition) is 6. The van der Waals surface area contributed by atoms with Gasteiger partial charge in [0.2, 0.25) is 10.0 Å². The minimum absolute atomic E-state index is 0.0243. The van der Waals surface area contributed by atoms with Crippen LogP contribution < -0.4 is 10.0 Å². The van der Waals surface area contributed by atoms with E-state index in [0.29, 0.717) is 0 Å². The van der Waals surface area contributed by atoms with Crippen LogP contribution in [0.4, 0.5) is 6.01 Å². The molecule has 1 aromatic heterocycles. The number of rotatable bonds is 6. The number of aromatic carboxylic acids is 1. The monoisotopic (exact) mass is 249 g/mol. The van der Waals surface area contributed by atoms with Gasteiger partial charge < -0.3 is 14.8 Å². The molecule has 0 unspecified atom stereocenters. The molecule has 9 heteroatoms. The summed E-state index contributed by atoms with van der Waals surface area (Å²) in [6, 6.07) is -0.0243. The van der Waals surface area contributed by atoms with Crippen LogP contribution in [0.25, 0.3) is 0 Å². The first-order valence-corrected chi connectivity index (χ1v) is 5.94. The van der Waals surface area contributed by atoms with Crippen molar-refractivity contribution in [2.45, 2.75) is 0 Å². The first kappa shape index (κ1) is 12.5. The number of carboxylic acid groups (broad SMARTS) is 1. The highest BCUT2D eigenvalue weighted by molar-refractivity contribution is 7.89. The Hall–Kier alpha value is -1.61. The molecular weight excluding hydrogens is 238 g/mol. The Bertz CT molecular complexity index is 466. The van der Waals surface area contributed by atoms with Crippen LogP contribution in [0, 0.1) is 0 Å². The van der Waals surface area contributed by atoms with Crippen molar-refractivity contribution in [1.82, 2.24) is 9.71 Å². The first-order valence-electron chi connectivity index (χ1n) is 4.28. The first-order chi connectivity index (χ1) is 7.44. The van der Waals surface area contributed by atoms with Gasteiger partial charge in [-0.3, -0.25) is 0 Å². The van der Waals surface area contributed by atoms with E-state index in [1.807, 2.05) is 0 Å². The summed E-state index contributed by atoms with van der Waals surface area (Å²) in [4.78, 5) is 14.0. The van der Waals surface area contributed by atoms with Crippen molar-refractivity contribution in [3.05, 3.63) is 12.0 Å². The third-order valence-electron chi connectivity index (χ3n) is 1.68. The molecule has 0 saturated carbocycles. The molecule has 3 N–H and O–H groups in total. The lowest BCUT2D eigenvalue weighted by atomic mass is 10.5. The fourth-order valence-electron chi connectivity index (χ4n) is 0.848. The molecule has 0 amide bonds. The average molecular weight is 249 g/mol. The molecule has 0 aromatic carbocycles. The molecule has 0 aliphatic carbocycles. The zero-order chi connectivity index (χ0) is 12.2. The van der Waals surface area contributed by atoms with Crippen molar-refractivity contribution in [3.8, 4) is 0 Å². The molecule has 0 atom stereocenters. The number of nitrogens with zero attached hydrogens (tertiary/aromatic N) is 1. The standard InChI is InChI=1S/C7H11N3O5S/c1-8-16(13,14)3-2-9-7-10-5(4-15-7)6(11)12/h4,8H,2-3H2,1H3,(H,9,10)(H,11,12). The summed E-state index contributed by atoms with van der Waals surface area (Å²) >= 11 is 0. The Kier molecular flexibility index (Phi) is 3.85. The van der Waals surface area contributed by atoms with E-state index in [9.17, 15) is 13.2 Å². The number of oxazole rings is 1. The van der Waals surface area contributed by atoms with Gasteiger partial charge in [-0.2, -0.15) is 4.98 Å². The number of nitrogens with one attached hydrogen (secondary N) is 2. The van der Waals surface area contributed by atoms with Gasteiger partial charge >= 0.3 is 5.97 Å². The van der Waals surface area contributed by atoms with Crippen molar-refractivity contribution < 1.29 is 22.7 Å². The second-order valence-corrected chi connectivity index (χ2v) is 4.84. The van der Waals surface area contributed by atoms with Crippen LogP contribution in [0.5, 0.6) is 0 Å². The van der Waals surface area contributed by atoms with Gasteiger partial charge in [-0.1, -0.05) is 0 Å². The Labute approximate surface area is 91.7 Å². The fraction of sp³-hybridized carbons (Fsp3) is 0.429. The average Bonchev–Trinajstić information content (AvgIpc) is 2.66.